The number of nitrogens with zero attached hydrogens (tertiary/aromatic N) is 2. The molecule has 9 heteroatoms. The summed E-state index contributed by atoms with van der Waals surface area (Å²) in [5.41, 5.74) is 2.74. The summed E-state index contributed by atoms with van der Waals surface area (Å²) in [5.74, 6) is 1.77. The van der Waals surface area contributed by atoms with Gasteiger partial charge in [0.25, 0.3) is 0 Å². The number of benzene rings is 2. The quantitative estimate of drug-likeness (QED) is 0.348. The third-order valence-electron chi connectivity index (χ3n) is 10.6. The molecule has 232 valence electrons. The second-order valence-corrected chi connectivity index (χ2v) is 16.2. The fourth-order valence-electron chi connectivity index (χ4n) is 8.87. The highest BCUT2D eigenvalue weighted by atomic mass is 35.5. The summed E-state index contributed by atoms with van der Waals surface area (Å²) in [6, 6.07) is 14.4. The van der Waals surface area contributed by atoms with Crippen molar-refractivity contribution >= 4 is 39.1 Å². The van der Waals surface area contributed by atoms with Gasteiger partial charge in [-0.1, -0.05) is 48.7 Å². The van der Waals surface area contributed by atoms with E-state index in [1.54, 1.807) is 25.1 Å². The van der Waals surface area contributed by atoms with Crippen molar-refractivity contribution in [3.63, 3.8) is 0 Å². The summed E-state index contributed by atoms with van der Waals surface area (Å²) in [6.07, 6.45) is 12.9. The average molecular weight is 626 g/mol. The van der Waals surface area contributed by atoms with Crippen LogP contribution in [0, 0.1) is 17.8 Å². The smallest absolute Gasteiger partial charge is 0.244 e. The van der Waals surface area contributed by atoms with Crippen LogP contribution < -0.4 is 9.62 Å². The highest BCUT2D eigenvalue weighted by Crippen LogP contribution is 2.60. The average Bonchev–Trinajstić information content (AvgIpc) is 3.46. The molecule has 0 saturated heterocycles. The molecule has 2 aromatic carbocycles. The van der Waals surface area contributed by atoms with E-state index in [0.717, 1.165) is 55.3 Å². The Morgan fingerprint density at radius 2 is 1.58 bits per heavy atom. The first-order valence-corrected chi connectivity index (χ1v) is 18.1. The van der Waals surface area contributed by atoms with Crippen LogP contribution in [-0.4, -0.2) is 50.0 Å². The van der Waals surface area contributed by atoms with Crippen LogP contribution in [0.4, 0.5) is 5.69 Å². The lowest BCUT2D eigenvalue weighted by molar-refractivity contribution is -0.139. The number of sulfonamides is 1. The largest absolute Gasteiger partial charge is 0.352 e. The fraction of sp³-hybridized carbons (Fsp3) is 0.588. The van der Waals surface area contributed by atoms with Crippen molar-refractivity contribution in [2.24, 2.45) is 17.8 Å². The van der Waals surface area contributed by atoms with Gasteiger partial charge in [-0.05, 0) is 117 Å². The van der Waals surface area contributed by atoms with Gasteiger partial charge in [0.15, 0.2) is 0 Å². The number of rotatable bonds is 10. The number of nitrogens with one attached hydrogen (secondary N) is 1. The molecule has 0 unspecified atom stereocenters. The molecule has 2 aromatic rings. The molecule has 1 atom stereocenters. The van der Waals surface area contributed by atoms with Gasteiger partial charge in [0, 0.05) is 17.6 Å². The summed E-state index contributed by atoms with van der Waals surface area (Å²) >= 11 is 6.23. The van der Waals surface area contributed by atoms with Crippen LogP contribution in [-0.2, 0) is 31.6 Å². The Labute approximate surface area is 261 Å². The molecule has 0 aromatic heterocycles. The lowest BCUT2D eigenvalue weighted by Crippen LogP contribution is -2.52. The van der Waals surface area contributed by atoms with Gasteiger partial charge in [0.2, 0.25) is 21.8 Å². The van der Waals surface area contributed by atoms with Crippen molar-refractivity contribution in [3.8, 4) is 0 Å². The molecule has 0 heterocycles. The van der Waals surface area contributed by atoms with Crippen molar-refractivity contribution < 1.29 is 18.0 Å². The molecule has 0 radical (unpaired) electrons. The van der Waals surface area contributed by atoms with Crippen molar-refractivity contribution in [2.75, 3.05) is 17.1 Å². The number of hydrogen-bond acceptors (Lipinski definition) is 4. The monoisotopic (exact) mass is 625 g/mol. The Bertz CT molecular complexity index is 1420. The molecule has 5 fully saturated rings. The molecule has 7 nitrogen and oxygen atoms in total. The van der Waals surface area contributed by atoms with Gasteiger partial charge in [0.1, 0.15) is 12.6 Å². The first kappa shape index (κ1) is 30.4. The molecular weight excluding hydrogens is 582 g/mol. The van der Waals surface area contributed by atoms with E-state index in [9.17, 15) is 18.0 Å². The van der Waals surface area contributed by atoms with Crippen LogP contribution in [0.25, 0.3) is 0 Å². The van der Waals surface area contributed by atoms with Crippen molar-refractivity contribution in [2.45, 2.75) is 95.2 Å². The minimum Gasteiger partial charge on any atom is -0.352 e. The first-order chi connectivity index (χ1) is 20.5. The van der Waals surface area contributed by atoms with Crippen LogP contribution in [0.5, 0.6) is 0 Å². The van der Waals surface area contributed by atoms with Crippen molar-refractivity contribution in [1.82, 2.24) is 10.2 Å². The van der Waals surface area contributed by atoms with Crippen molar-refractivity contribution in [3.05, 3.63) is 64.7 Å². The minimum atomic E-state index is -3.78. The molecule has 1 N–H and O–H groups in total. The fourth-order valence-corrected chi connectivity index (χ4v) is 9.93. The van der Waals surface area contributed by atoms with Crippen molar-refractivity contribution in [1.29, 1.82) is 0 Å². The summed E-state index contributed by atoms with van der Waals surface area (Å²) in [6.45, 7) is 1.45. The summed E-state index contributed by atoms with van der Waals surface area (Å²) in [7, 11) is -3.78. The summed E-state index contributed by atoms with van der Waals surface area (Å²) in [5, 5.41) is 3.63. The van der Waals surface area contributed by atoms with E-state index >= 15 is 0 Å². The van der Waals surface area contributed by atoms with Crippen LogP contribution >= 0.6 is 11.6 Å². The number of amides is 2. The lowest BCUT2D eigenvalue weighted by atomic mass is 9.48. The van der Waals surface area contributed by atoms with E-state index in [1.165, 1.54) is 53.3 Å². The molecule has 0 aliphatic heterocycles. The van der Waals surface area contributed by atoms with Gasteiger partial charge in [0.05, 0.1) is 11.9 Å². The predicted molar refractivity (Wildman–Crippen MR) is 170 cm³/mol. The summed E-state index contributed by atoms with van der Waals surface area (Å²) < 4.78 is 27.4. The third kappa shape index (κ3) is 6.60. The zero-order valence-corrected chi connectivity index (χ0v) is 26.9. The minimum absolute atomic E-state index is 0.109. The van der Waals surface area contributed by atoms with E-state index < -0.39 is 28.5 Å². The highest BCUT2D eigenvalue weighted by Gasteiger charge is 2.51. The zero-order valence-electron chi connectivity index (χ0n) is 25.3. The first-order valence-electron chi connectivity index (χ1n) is 15.9. The molecule has 4 bridgehead atoms. The van der Waals surface area contributed by atoms with E-state index in [4.69, 9.17) is 11.6 Å². The molecule has 5 aliphatic carbocycles. The standard InChI is InChI=1S/C34H44ClN3O4S/c1-23(33(40)36-30-8-3-4-9-30)37(21-24-6-5-7-29(35)17-24)32(39)22-38(43(2,41)42)31-12-10-28(11-13-31)34-18-25-14-26(19-34)16-27(15-25)20-34/h5-7,10-13,17,23,25-27,30H,3-4,8-9,14-16,18-22H2,1-2H3,(H,36,40)/t23-,25?,26?,27?,34?/m1/s1. The summed E-state index contributed by atoms with van der Waals surface area (Å²) in [4.78, 5) is 28.7. The second kappa shape index (κ2) is 12.1. The number of hydrogen-bond donors (Lipinski definition) is 1. The van der Waals surface area contributed by atoms with E-state index in [1.807, 2.05) is 18.2 Å². The molecule has 5 saturated carbocycles. The Morgan fingerprint density at radius 1 is 0.977 bits per heavy atom. The number of carbonyl (C=O) groups is 2. The van der Waals surface area contributed by atoms with Gasteiger partial charge in [-0.15, -0.1) is 0 Å². The van der Waals surface area contributed by atoms with Gasteiger partial charge in [-0.25, -0.2) is 8.42 Å². The maximum Gasteiger partial charge on any atom is 0.244 e. The van der Waals surface area contributed by atoms with Gasteiger partial charge < -0.3 is 10.2 Å². The van der Waals surface area contributed by atoms with Crippen LogP contribution in [0.1, 0.15) is 82.3 Å². The van der Waals surface area contributed by atoms with E-state index in [0.29, 0.717) is 10.7 Å². The number of anilines is 1. The van der Waals surface area contributed by atoms with Gasteiger partial charge in [-0.3, -0.25) is 13.9 Å². The molecule has 5 aliphatic rings. The topological polar surface area (TPSA) is 86.8 Å². The molecule has 43 heavy (non-hydrogen) atoms. The van der Waals surface area contributed by atoms with Gasteiger partial charge in [-0.2, -0.15) is 0 Å². The highest BCUT2D eigenvalue weighted by molar-refractivity contribution is 7.92. The van der Waals surface area contributed by atoms with E-state index in [2.05, 4.69) is 17.4 Å². The Kier molecular flexibility index (Phi) is 8.55. The molecule has 2 amide bonds. The molecule has 7 rings (SSSR count). The van der Waals surface area contributed by atoms with Gasteiger partial charge >= 0.3 is 0 Å². The van der Waals surface area contributed by atoms with Crippen LogP contribution in [0.3, 0.4) is 0 Å². The number of carbonyl (C=O) groups excluding carboxylic acids is 2. The molecular formula is C34H44ClN3O4S. The van der Waals surface area contributed by atoms with Crippen LogP contribution in [0.15, 0.2) is 48.5 Å². The maximum atomic E-state index is 13.9. The van der Waals surface area contributed by atoms with Crippen LogP contribution in [0.2, 0.25) is 5.02 Å². The molecule has 0 spiro atoms. The SMILES string of the molecule is C[C@H](C(=O)NC1CCCC1)N(Cc1cccc(Cl)c1)C(=O)CN(c1ccc(C23CC4CC(CC(C4)C2)C3)cc1)S(C)(=O)=O. The zero-order chi connectivity index (χ0) is 30.4. The second-order valence-electron chi connectivity index (χ2n) is 13.8. The Morgan fingerprint density at radius 3 is 2.14 bits per heavy atom. The normalized spacial score (nSPS) is 27.2. The predicted octanol–water partition coefficient (Wildman–Crippen LogP) is 6.05. The Hall–Kier alpha value is -2.58. The Balaban J connectivity index is 1.23. The third-order valence-corrected chi connectivity index (χ3v) is 12.0. The number of halogens is 1. The van der Waals surface area contributed by atoms with E-state index in [-0.39, 0.29) is 23.9 Å². The maximum absolute atomic E-state index is 13.9. The lowest BCUT2D eigenvalue weighted by Gasteiger charge is -2.57.